The fourth-order valence-electron chi connectivity index (χ4n) is 3.15. The number of benzene rings is 1. The van der Waals surface area contributed by atoms with Gasteiger partial charge in [0.1, 0.15) is 4.60 Å². The van der Waals surface area contributed by atoms with E-state index >= 15 is 0 Å². The molecular formula is C17H18BrN5O. The van der Waals surface area contributed by atoms with Crippen LogP contribution in [0.4, 0.5) is 0 Å². The second-order valence-electron chi connectivity index (χ2n) is 6.33. The number of nitrogens with one attached hydrogen (secondary N) is 2. The summed E-state index contributed by atoms with van der Waals surface area (Å²) in [5, 5.41) is 15.0. The maximum atomic E-state index is 12.9. The predicted octanol–water partition coefficient (Wildman–Crippen LogP) is 3.49. The number of aromatic nitrogens is 4. The third-order valence-electron chi connectivity index (χ3n) is 4.69. The van der Waals surface area contributed by atoms with E-state index in [0.29, 0.717) is 22.8 Å². The van der Waals surface area contributed by atoms with E-state index in [0.717, 1.165) is 23.0 Å². The molecule has 2 heterocycles. The molecular weight excluding hydrogens is 370 g/mol. The van der Waals surface area contributed by atoms with Crippen LogP contribution in [0, 0.1) is 5.92 Å². The van der Waals surface area contributed by atoms with Gasteiger partial charge in [0.25, 0.3) is 5.91 Å². The molecule has 2 aromatic heterocycles. The van der Waals surface area contributed by atoms with Gasteiger partial charge in [0, 0.05) is 24.5 Å². The number of halogens is 1. The molecule has 3 aromatic rings. The Bertz CT molecular complexity index is 867. The summed E-state index contributed by atoms with van der Waals surface area (Å²) in [6.45, 7) is 1.34. The number of amides is 1. The first kappa shape index (κ1) is 15.4. The van der Waals surface area contributed by atoms with Crippen LogP contribution in [-0.2, 0) is 6.54 Å². The summed E-state index contributed by atoms with van der Waals surface area (Å²) >= 11 is 3.32. The Balaban J connectivity index is 1.62. The highest BCUT2D eigenvalue weighted by Gasteiger charge is 2.26. The Morgan fingerprint density at radius 2 is 2.21 bits per heavy atom. The number of rotatable bonds is 5. The Morgan fingerprint density at radius 1 is 1.33 bits per heavy atom. The summed E-state index contributed by atoms with van der Waals surface area (Å²) in [5.74, 6) is 0.559. The van der Waals surface area contributed by atoms with Gasteiger partial charge in [-0.15, -0.1) is 0 Å². The summed E-state index contributed by atoms with van der Waals surface area (Å²) in [7, 11) is 0. The molecule has 2 N–H and O–H groups in total. The quantitative estimate of drug-likeness (QED) is 0.703. The van der Waals surface area contributed by atoms with Crippen LogP contribution in [0.2, 0.25) is 0 Å². The monoisotopic (exact) mass is 387 g/mol. The molecule has 1 saturated carbocycles. The summed E-state index contributed by atoms with van der Waals surface area (Å²) in [6, 6.07) is 7.77. The lowest BCUT2D eigenvalue weighted by molar-refractivity contribution is 0.0674. The van der Waals surface area contributed by atoms with Crippen molar-refractivity contribution in [1.82, 2.24) is 25.3 Å². The number of hydrogen-bond acceptors (Lipinski definition) is 3. The minimum absolute atomic E-state index is 0.0376. The average molecular weight is 388 g/mol. The number of H-pyrrole nitrogens is 2. The molecule has 24 heavy (non-hydrogen) atoms. The maximum Gasteiger partial charge on any atom is 0.274 e. The van der Waals surface area contributed by atoms with Gasteiger partial charge in [0.05, 0.1) is 11.7 Å². The van der Waals surface area contributed by atoms with Gasteiger partial charge in [0.15, 0.2) is 5.69 Å². The van der Waals surface area contributed by atoms with Gasteiger partial charge in [-0.1, -0.05) is 18.6 Å². The molecule has 7 heteroatoms. The van der Waals surface area contributed by atoms with Crippen LogP contribution >= 0.6 is 15.9 Å². The van der Waals surface area contributed by atoms with Crippen LogP contribution in [0.5, 0.6) is 0 Å². The molecule has 0 spiro atoms. The molecule has 1 fully saturated rings. The Kier molecular flexibility index (Phi) is 4.10. The molecule has 0 saturated heterocycles. The maximum absolute atomic E-state index is 12.9. The zero-order valence-electron chi connectivity index (χ0n) is 13.1. The van der Waals surface area contributed by atoms with E-state index in [9.17, 15) is 4.79 Å². The molecule has 4 rings (SSSR count). The fraction of sp³-hybridized carbons (Fsp3) is 0.353. The molecule has 1 aromatic carbocycles. The summed E-state index contributed by atoms with van der Waals surface area (Å²) < 4.78 is 0.714. The summed E-state index contributed by atoms with van der Waals surface area (Å²) in [4.78, 5) is 14.8. The standard InChI is InChI=1S/C17H18BrN5O/c18-16-7-15(21-22-16)17(24)23(9-11-3-1-4-11)10-12-5-2-6-14-13(12)8-19-20-14/h2,5-8,11H,1,3-4,9-10H2,(H,19,20)(H,21,22). The minimum atomic E-state index is -0.0376. The lowest BCUT2D eigenvalue weighted by Gasteiger charge is -2.32. The first-order chi connectivity index (χ1) is 11.7. The van der Waals surface area contributed by atoms with Crippen molar-refractivity contribution in [2.24, 2.45) is 5.92 Å². The number of carbonyl (C=O) groups excluding carboxylic acids is 1. The second-order valence-corrected chi connectivity index (χ2v) is 7.19. The van der Waals surface area contributed by atoms with Crippen LogP contribution in [0.15, 0.2) is 35.1 Å². The number of nitrogens with zero attached hydrogens (tertiary/aromatic N) is 3. The lowest BCUT2D eigenvalue weighted by atomic mass is 9.85. The molecule has 1 aliphatic rings. The molecule has 0 radical (unpaired) electrons. The zero-order valence-corrected chi connectivity index (χ0v) is 14.7. The SMILES string of the molecule is O=C(c1cc(Br)[nH]n1)N(Cc1cccc2[nH]ncc12)CC1CCC1. The Hall–Kier alpha value is -2.15. The van der Waals surface area contributed by atoms with Crippen LogP contribution in [0.3, 0.4) is 0 Å². The van der Waals surface area contributed by atoms with Crippen molar-refractivity contribution in [1.29, 1.82) is 0 Å². The van der Waals surface area contributed by atoms with E-state index in [1.807, 2.05) is 23.2 Å². The van der Waals surface area contributed by atoms with E-state index in [1.165, 1.54) is 19.3 Å². The topological polar surface area (TPSA) is 77.7 Å². The van der Waals surface area contributed by atoms with Gasteiger partial charge >= 0.3 is 0 Å². The first-order valence-electron chi connectivity index (χ1n) is 8.12. The van der Waals surface area contributed by atoms with Gasteiger partial charge in [-0.3, -0.25) is 15.0 Å². The van der Waals surface area contributed by atoms with E-state index in [1.54, 1.807) is 6.07 Å². The average Bonchev–Trinajstić information content (AvgIpc) is 3.17. The Labute approximate surface area is 147 Å². The first-order valence-corrected chi connectivity index (χ1v) is 8.91. The van der Waals surface area contributed by atoms with Crippen molar-refractivity contribution >= 4 is 32.7 Å². The molecule has 1 aliphatic carbocycles. The summed E-state index contributed by atoms with van der Waals surface area (Å²) in [5.41, 5.74) is 2.54. The smallest absolute Gasteiger partial charge is 0.274 e. The molecule has 0 atom stereocenters. The van der Waals surface area contributed by atoms with Crippen molar-refractivity contribution in [3.05, 3.63) is 46.3 Å². The lowest BCUT2D eigenvalue weighted by Crippen LogP contribution is -2.37. The minimum Gasteiger partial charge on any atom is -0.333 e. The second kappa shape index (κ2) is 6.39. The van der Waals surface area contributed by atoms with Crippen molar-refractivity contribution in [2.45, 2.75) is 25.8 Å². The van der Waals surface area contributed by atoms with Gasteiger partial charge < -0.3 is 4.90 Å². The number of aromatic amines is 2. The van der Waals surface area contributed by atoms with E-state index < -0.39 is 0 Å². The number of hydrogen-bond donors (Lipinski definition) is 2. The highest BCUT2D eigenvalue weighted by atomic mass is 79.9. The van der Waals surface area contributed by atoms with E-state index in [2.05, 4.69) is 42.4 Å². The van der Waals surface area contributed by atoms with E-state index in [4.69, 9.17) is 0 Å². The third-order valence-corrected chi connectivity index (χ3v) is 5.10. The fourth-order valence-corrected chi connectivity index (χ4v) is 3.45. The molecule has 0 aliphatic heterocycles. The molecule has 0 bridgehead atoms. The molecule has 124 valence electrons. The largest absolute Gasteiger partial charge is 0.333 e. The molecule has 0 unspecified atom stereocenters. The van der Waals surface area contributed by atoms with E-state index in [-0.39, 0.29) is 5.91 Å². The highest BCUT2D eigenvalue weighted by molar-refractivity contribution is 9.10. The molecule has 1 amide bonds. The van der Waals surface area contributed by atoms with Crippen molar-refractivity contribution in [3.63, 3.8) is 0 Å². The Morgan fingerprint density at radius 3 is 2.92 bits per heavy atom. The van der Waals surface area contributed by atoms with Gasteiger partial charge in [-0.2, -0.15) is 10.2 Å². The van der Waals surface area contributed by atoms with Gasteiger partial charge in [-0.25, -0.2) is 0 Å². The van der Waals surface area contributed by atoms with Crippen molar-refractivity contribution in [3.8, 4) is 0 Å². The third kappa shape index (κ3) is 2.96. The summed E-state index contributed by atoms with van der Waals surface area (Å²) in [6.07, 6.45) is 5.48. The van der Waals surface area contributed by atoms with Crippen molar-refractivity contribution < 1.29 is 4.79 Å². The molecule has 6 nitrogen and oxygen atoms in total. The highest BCUT2D eigenvalue weighted by Crippen LogP contribution is 2.29. The van der Waals surface area contributed by atoms with Crippen LogP contribution in [0.1, 0.15) is 35.3 Å². The van der Waals surface area contributed by atoms with Gasteiger partial charge in [0.2, 0.25) is 0 Å². The van der Waals surface area contributed by atoms with Crippen LogP contribution in [0.25, 0.3) is 10.9 Å². The van der Waals surface area contributed by atoms with Crippen LogP contribution in [-0.4, -0.2) is 37.7 Å². The predicted molar refractivity (Wildman–Crippen MR) is 94.5 cm³/mol. The van der Waals surface area contributed by atoms with Crippen LogP contribution < -0.4 is 0 Å². The van der Waals surface area contributed by atoms with Crippen molar-refractivity contribution in [2.75, 3.05) is 6.54 Å². The zero-order chi connectivity index (χ0) is 16.5. The normalized spacial score (nSPS) is 14.7. The van der Waals surface area contributed by atoms with Gasteiger partial charge in [-0.05, 0) is 46.3 Å². The number of carbonyl (C=O) groups is 1. The number of fused-ring (bicyclic) bond motifs is 1.